The molecule has 0 N–H and O–H groups in total. The fourth-order valence-electron chi connectivity index (χ4n) is 2.94. The van der Waals surface area contributed by atoms with Crippen LogP contribution in [0, 0.1) is 17.5 Å². The van der Waals surface area contributed by atoms with Gasteiger partial charge in [-0.3, -0.25) is 0 Å². The zero-order valence-electron chi connectivity index (χ0n) is 15.3. The highest BCUT2D eigenvalue weighted by atomic mass is 19.4. The third kappa shape index (κ3) is 4.88. The van der Waals surface area contributed by atoms with Gasteiger partial charge in [-0.05, 0) is 52.9 Å². The van der Waals surface area contributed by atoms with Gasteiger partial charge in [0.2, 0.25) is 0 Å². The van der Waals surface area contributed by atoms with E-state index in [-0.39, 0.29) is 17.2 Å². The summed E-state index contributed by atoms with van der Waals surface area (Å²) in [6.45, 7) is 2.02. The van der Waals surface area contributed by atoms with Crippen molar-refractivity contribution in [3.63, 3.8) is 0 Å². The summed E-state index contributed by atoms with van der Waals surface area (Å²) in [5.74, 6) is -3.11. The standard InChI is InChI=1S/C23H16F6/c1-2-14-3-5-15(6-4-14)16-7-8-18(20(24)11-16)17-12-21(25)19(22(26)13-17)9-10-23(27,28)29/h3-13H,2H2,1H3. The predicted octanol–water partition coefficient (Wildman–Crippen LogP) is 7.58. The lowest BCUT2D eigenvalue weighted by atomic mass is 9.97. The Labute approximate surface area is 164 Å². The SMILES string of the molecule is CCc1ccc(-c2ccc(-c3cc(F)c(C=CC(F)(F)F)c(F)c3)c(F)c2)cc1. The lowest BCUT2D eigenvalue weighted by molar-refractivity contribution is -0.0790. The molecule has 0 bridgehead atoms. The molecule has 3 aromatic rings. The van der Waals surface area contributed by atoms with Gasteiger partial charge in [0.15, 0.2) is 0 Å². The van der Waals surface area contributed by atoms with Gasteiger partial charge < -0.3 is 0 Å². The molecule has 3 rings (SSSR count). The number of rotatable bonds is 4. The van der Waals surface area contributed by atoms with E-state index in [1.165, 1.54) is 12.1 Å². The number of allylic oxidation sites excluding steroid dienone is 1. The van der Waals surface area contributed by atoms with Gasteiger partial charge in [-0.15, -0.1) is 0 Å². The number of benzene rings is 3. The molecule has 0 nitrogen and oxygen atoms in total. The Morgan fingerprint density at radius 2 is 1.28 bits per heavy atom. The summed E-state index contributed by atoms with van der Waals surface area (Å²) in [5.41, 5.74) is 1.53. The third-order valence-electron chi connectivity index (χ3n) is 4.49. The molecule has 0 heterocycles. The van der Waals surface area contributed by atoms with Crippen molar-refractivity contribution in [2.75, 3.05) is 0 Å². The van der Waals surface area contributed by atoms with E-state index in [4.69, 9.17) is 0 Å². The van der Waals surface area contributed by atoms with Gasteiger partial charge in [0.1, 0.15) is 17.5 Å². The van der Waals surface area contributed by atoms with Gasteiger partial charge in [-0.2, -0.15) is 13.2 Å². The summed E-state index contributed by atoms with van der Waals surface area (Å²) in [6.07, 6.45) is -3.77. The average Bonchev–Trinajstić information content (AvgIpc) is 2.66. The molecule has 0 aromatic heterocycles. The van der Waals surface area contributed by atoms with Gasteiger partial charge in [-0.1, -0.05) is 43.3 Å². The minimum Gasteiger partial charge on any atom is -0.206 e. The highest BCUT2D eigenvalue weighted by Gasteiger charge is 2.23. The molecular weight excluding hydrogens is 390 g/mol. The Bertz CT molecular complexity index is 1020. The molecule has 0 aliphatic heterocycles. The van der Waals surface area contributed by atoms with Crippen molar-refractivity contribution in [1.29, 1.82) is 0 Å². The Balaban J connectivity index is 1.95. The zero-order valence-corrected chi connectivity index (χ0v) is 15.3. The second kappa shape index (κ2) is 8.15. The molecule has 29 heavy (non-hydrogen) atoms. The quantitative estimate of drug-likeness (QED) is 0.392. The molecule has 6 heteroatoms. The van der Waals surface area contributed by atoms with Crippen LogP contribution < -0.4 is 0 Å². The van der Waals surface area contributed by atoms with Crippen molar-refractivity contribution >= 4 is 6.08 Å². The van der Waals surface area contributed by atoms with Crippen LogP contribution in [0.1, 0.15) is 18.1 Å². The maximum Gasteiger partial charge on any atom is 0.409 e. The summed E-state index contributed by atoms with van der Waals surface area (Å²) in [4.78, 5) is 0. The van der Waals surface area contributed by atoms with Gasteiger partial charge in [-0.25, -0.2) is 13.2 Å². The molecule has 0 aliphatic carbocycles. The first-order chi connectivity index (χ1) is 13.7. The number of halogens is 6. The van der Waals surface area contributed by atoms with Gasteiger partial charge >= 0.3 is 6.18 Å². The van der Waals surface area contributed by atoms with Crippen LogP contribution >= 0.6 is 0 Å². The van der Waals surface area contributed by atoms with Crippen LogP contribution in [0.3, 0.4) is 0 Å². The van der Waals surface area contributed by atoms with Crippen LogP contribution in [0.25, 0.3) is 28.3 Å². The Kier molecular flexibility index (Phi) is 5.82. The van der Waals surface area contributed by atoms with Crippen LogP contribution in [0.15, 0.2) is 60.7 Å². The summed E-state index contributed by atoms with van der Waals surface area (Å²) in [7, 11) is 0. The summed E-state index contributed by atoms with van der Waals surface area (Å²) in [5, 5.41) is 0. The molecule has 150 valence electrons. The topological polar surface area (TPSA) is 0 Å². The summed E-state index contributed by atoms with van der Waals surface area (Å²) >= 11 is 0. The first-order valence-corrected chi connectivity index (χ1v) is 8.82. The smallest absolute Gasteiger partial charge is 0.206 e. The van der Waals surface area contributed by atoms with Crippen LogP contribution in [0.5, 0.6) is 0 Å². The minimum atomic E-state index is -4.70. The highest BCUT2D eigenvalue weighted by molar-refractivity contribution is 5.72. The summed E-state index contributed by atoms with van der Waals surface area (Å²) in [6, 6.07) is 13.5. The molecule has 0 atom stereocenters. The summed E-state index contributed by atoms with van der Waals surface area (Å²) < 4.78 is 79.6. The fourth-order valence-corrected chi connectivity index (χ4v) is 2.94. The van der Waals surface area contributed by atoms with Crippen molar-refractivity contribution < 1.29 is 26.3 Å². The van der Waals surface area contributed by atoms with Crippen molar-refractivity contribution in [2.45, 2.75) is 19.5 Å². The van der Waals surface area contributed by atoms with Crippen LogP contribution in [-0.4, -0.2) is 6.18 Å². The average molecular weight is 406 g/mol. The molecule has 0 aliphatic rings. The molecule has 3 aromatic carbocycles. The Morgan fingerprint density at radius 1 is 0.724 bits per heavy atom. The first-order valence-electron chi connectivity index (χ1n) is 8.82. The van der Waals surface area contributed by atoms with E-state index >= 15 is 0 Å². The first kappa shape index (κ1) is 20.7. The van der Waals surface area contributed by atoms with Crippen molar-refractivity contribution in [3.05, 3.63) is 89.3 Å². The monoisotopic (exact) mass is 406 g/mol. The maximum atomic E-state index is 14.6. The van der Waals surface area contributed by atoms with E-state index in [1.807, 2.05) is 31.2 Å². The van der Waals surface area contributed by atoms with Crippen molar-refractivity contribution in [2.24, 2.45) is 0 Å². The minimum absolute atomic E-state index is 0.0527. The predicted molar refractivity (Wildman–Crippen MR) is 102 cm³/mol. The van der Waals surface area contributed by atoms with Crippen LogP contribution in [0.4, 0.5) is 26.3 Å². The second-order valence-corrected chi connectivity index (χ2v) is 6.47. The maximum absolute atomic E-state index is 14.6. The molecule has 0 saturated heterocycles. The Hall–Kier alpha value is -3.02. The van der Waals surface area contributed by atoms with Crippen LogP contribution in [-0.2, 0) is 6.42 Å². The number of hydrogen-bond donors (Lipinski definition) is 0. The lowest BCUT2D eigenvalue weighted by Crippen LogP contribution is -2.01. The van der Waals surface area contributed by atoms with E-state index in [9.17, 15) is 26.3 Å². The molecule has 0 unspecified atom stereocenters. The number of aryl methyl sites for hydroxylation is 1. The third-order valence-corrected chi connectivity index (χ3v) is 4.49. The highest BCUT2D eigenvalue weighted by Crippen LogP contribution is 2.31. The normalized spacial score (nSPS) is 12.0. The molecule has 0 radical (unpaired) electrons. The van der Waals surface area contributed by atoms with E-state index in [2.05, 4.69) is 0 Å². The van der Waals surface area contributed by atoms with Crippen molar-refractivity contribution in [1.82, 2.24) is 0 Å². The fraction of sp³-hybridized carbons (Fsp3) is 0.130. The van der Waals surface area contributed by atoms with E-state index in [1.54, 1.807) is 6.07 Å². The van der Waals surface area contributed by atoms with Gasteiger partial charge in [0, 0.05) is 17.2 Å². The van der Waals surface area contributed by atoms with Crippen LogP contribution in [0.2, 0.25) is 0 Å². The number of hydrogen-bond acceptors (Lipinski definition) is 0. The lowest BCUT2D eigenvalue weighted by Gasteiger charge is -2.10. The Morgan fingerprint density at radius 3 is 1.79 bits per heavy atom. The van der Waals surface area contributed by atoms with E-state index < -0.39 is 29.2 Å². The van der Waals surface area contributed by atoms with E-state index in [0.717, 1.165) is 29.7 Å². The molecule has 0 spiro atoms. The van der Waals surface area contributed by atoms with Gasteiger partial charge in [0.25, 0.3) is 0 Å². The zero-order chi connectivity index (χ0) is 21.2. The number of alkyl halides is 3. The molecule has 0 saturated carbocycles. The molecule has 0 amide bonds. The molecular formula is C23H16F6. The largest absolute Gasteiger partial charge is 0.409 e. The van der Waals surface area contributed by atoms with Gasteiger partial charge in [0.05, 0.1) is 0 Å². The van der Waals surface area contributed by atoms with E-state index in [0.29, 0.717) is 11.6 Å². The van der Waals surface area contributed by atoms with Crippen molar-refractivity contribution in [3.8, 4) is 22.3 Å². The molecule has 0 fully saturated rings. The second-order valence-electron chi connectivity index (χ2n) is 6.47.